The first-order valence-corrected chi connectivity index (χ1v) is 5.90. The van der Waals surface area contributed by atoms with E-state index in [4.69, 9.17) is 0 Å². The predicted octanol–water partition coefficient (Wildman–Crippen LogP) is 2.18. The Bertz CT molecular complexity index is 112. The fourth-order valence-electron chi connectivity index (χ4n) is 2.11. The van der Waals surface area contributed by atoms with E-state index in [-0.39, 0.29) is 0 Å². The average Bonchev–Trinajstić information content (AvgIpc) is 2.21. The molecule has 1 saturated heterocycles. The summed E-state index contributed by atoms with van der Waals surface area (Å²) in [5, 5.41) is 0. The molecule has 2 aliphatic rings. The molecule has 12 heavy (non-hydrogen) atoms. The molecule has 0 unspecified atom stereocenters. The Hall–Kier alpha value is 0.270. The first-order valence-electron chi connectivity index (χ1n) is 5.13. The van der Waals surface area contributed by atoms with E-state index >= 15 is 0 Å². The molecule has 0 amide bonds. The van der Waals surface area contributed by atoms with Crippen molar-refractivity contribution in [3.8, 4) is 0 Å². The zero-order valence-electron chi connectivity index (χ0n) is 7.59. The van der Waals surface area contributed by atoms with Crippen LogP contribution in [0.4, 0.5) is 0 Å². The Balaban J connectivity index is 1.80. The summed E-state index contributed by atoms with van der Waals surface area (Å²) in [6.07, 6.45) is 8.53. The van der Waals surface area contributed by atoms with Gasteiger partial charge in [-0.3, -0.25) is 4.72 Å². The Morgan fingerprint density at radius 1 is 1.08 bits per heavy atom. The Kier molecular flexibility index (Phi) is 3.31. The summed E-state index contributed by atoms with van der Waals surface area (Å²) in [5.41, 5.74) is 0. The smallest absolute Gasteiger partial charge is 0.0214 e. The van der Waals surface area contributed by atoms with Crippen LogP contribution < -0.4 is 4.72 Å². The molecule has 3 heteroatoms. The molecular weight excluding hydrogens is 168 g/mol. The maximum atomic E-state index is 3.37. The Labute approximate surface area is 79.4 Å². The van der Waals surface area contributed by atoms with Gasteiger partial charge in [0.1, 0.15) is 0 Å². The summed E-state index contributed by atoms with van der Waals surface area (Å²) in [6.45, 7) is 2.48. The first-order chi connectivity index (χ1) is 5.97. The second kappa shape index (κ2) is 4.49. The number of hydrogen-bond acceptors (Lipinski definition) is 3. The molecule has 1 saturated carbocycles. The fraction of sp³-hybridized carbons (Fsp3) is 1.00. The van der Waals surface area contributed by atoms with Crippen LogP contribution in [-0.2, 0) is 0 Å². The maximum Gasteiger partial charge on any atom is 0.0214 e. The van der Waals surface area contributed by atoms with Crippen LogP contribution in [0, 0.1) is 0 Å². The van der Waals surface area contributed by atoms with Gasteiger partial charge in [-0.1, -0.05) is 19.3 Å². The molecular formula is C9H18N2S. The van der Waals surface area contributed by atoms with Gasteiger partial charge >= 0.3 is 0 Å². The van der Waals surface area contributed by atoms with Crippen molar-refractivity contribution >= 4 is 12.1 Å². The highest BCUT2D eigenvalue weighted by molar-refractivity contribution is 7.95. The van der Waals surface area contributed by atoms with E-state index in [2.05, 4.69) is 9.03 Å². The molecule has 2 nitrogen and oxygen atoms in total. The lowest BCUT2D eigenvalue weighted by Gasteiger charge is -2.35. The SMILES string of the molecule is C1CCC(N2CCCNS2)CC1. The van der Waals surface area contributed by atoms with Crippen LogP contribution in [0.2, 0.25) is 0 Å². The minimum Gasteiger partial charge on any atom is -0.251 e. The van der Waals surface area contributed by atoms with E-state index in [9.17, 15) is 0 Å². The molecule has 0 aromatic rings. The molecule has 1 N–H and O–H groups in total. The van der Waals surface area contributed by atoms with E-state index in [0.717, 1.165) is 6.04 Å². The Morgan fingerprint density at radius 3 is 2.58 bits per heavy atom. The number of nitrogens with zero attached hydrogens (tertiary/aromatic N) is 1. The van der Waals surface area contributed by atoms with Crippen LogP contribution in [0.5, 0.6) is 0 Å². The second-order valence-electron chi connectivity index (χ2n) is 3.77. The van der Waals surface area contributed by atoms with Gasteiger partial charge in [-0.15, -0.1) is 0 Å². The van der Waals surface area contributed by atoms with Crippen LogP contribution in [-0.4, -0.2) is 23.4 Å². The van der Waals surface area contributed by atoms with Gasteiger partial charge in [0.25, 0.3) is 0 Å². The topological polar surface area (TPSA) is 15.3 Å². The molecule has 1 heterocycles. The number of rotatable bonds is 1. The lowest BCUT2D eigenvalue weighted by atomic mass is 9.95. The van der Waals surface area contributed by atoms with E-state index in [1.54, 1.807) is 0 Å². The summed E-state index contributed by atoms with van der Waals surface area (Å²) in [6, 6.07) is 0.872. The van der Waals surface area contributed by atoms with E-state index in [1.165, 1.54) is 51.6 Å². The molecule has 2 fully saturated rings. The third-order valence-corrected chi connectivity index (χ3v) is 3.87. The molecule has 1 aliphatic carbocycles. The molecule has 0 atom stereocenters. The van der Waals surface area contributed by atoms with Gasteiger partial charge in [-0.05, 0) is 19.3 Å². The van der Waals surface area contributed by atoms with Crippen molar-refractivity contribution in [1.29, 1.82) is 0 Å². The molecule has 0 spiro atoms. The molecule has 0 bridgehead atoms. The highest BCUT2D eigenvalue weighted by Gasteiger charge is 2.22. The maximum absolute atomic E-state index is 3.37. The van der Waals surface area contributed by atoms with Crippen LogP contribution in [0.15, 0.2) is 0 Å². The summed E-state index contributed by atoms with van der Waals surface area (Å²) in [5.74, 6) is 0. The quantitative estimate of drug-likeness (QED) is 0.632. The minimum absolute atomic E-state index is 0.872. The zero-order valence-corrected chi connectivity index (χ0v) is 8.41. The largest absolute Gasteiger partial charge is 0.251 e. The Morgan fingerprint density at radius 2 is 1.92 bits per heavy atom. The molecule has 0 radical (unpaired) electrons. The normalized spacial score (nSPS) is 29.0. The van der Waals surface area contributed by atoms with E-state index < -0.39 is 0 Å². The molecule has 0 aromatic heterocycles. The molecule has 1 aliphatic heterocycles. The van der Waals surface area contributed by atoms with Crippen molar-refractivity contribution < 1.29 is 0 Å². The lowest BCUT2D eigenvalue weighted by molar-refractivity contribution is 0.262. The summed E-state index contributed by atoms with van der Waals surface area (Å²) >= 11 is 1.85. The van der Waals surface area contributed by atoms with Crippen molar-refractivity contribution in [2.75, 3.05) is 13.1 Å². The predicted molar refractivity (Wildman–Crippen MR) is 53.8 cm³/mol. The number of nitrogens with one attached hydrogen (secondary N) is 1. The van der Waals surface area contributed by atoms with Crippen LogP contribution in [0.25, 0.3) is 0 Å². The van der Waals surface area contributed by atoms with Crippen molar-refractivity contribution in [2.45, 2.75) is 44.6 Å². The van der Waals surface area contributed by atoms with Gasteiger partial charge in [-0.2, -0.15) is 0 Å². The van der Waals surface area contributed by atoms with Gasteiger partial charge in [0, 0.05) is 31.3 Å². The zero-order chi connectivity index (χ0) is 8.23. The van der Waals surface area contributed by atoms with Crippen LogP contribution in [0.1, 0.15) is 38.5 Å². The molecule has 2 rings (SSSR count). The minimum atomic E-state index is 0.872. The summed E-state index contributed by atoms with van der Waals surface area (Å²) in [7, 11) is 0. The van der Waals surface area contributed by atoms with Gasteiger partial charge in [0.15, 0.2) is 0 Å². The molecule has 70 valence electrons. The third kappa shape index (κ3) is 2.15. The van der Waals surface area contributed by atoms with Crippen LogP contribution in [0.3, 0.4) is 0 Å². The lowest BCUT2D eigenvalue weighted by Crippen LogP contribution is -2.38. The monoisotopic (exact) mass is 186 g/mol. The van der Waals surface area contributed by atoms with Gasteiger partial charge in [0.2, 0.25) is 0 Å². The first kappa shape index (κ1) is 8.85. The highest BCUT2D eigenvalue weighted by atomic mass is 32.2. The van der Waals surface area contributed by atoms with Crippen molar-refractivity contribution in [3.63, 3.8) is 0 Å². The van der Waals surface area contributed by atoms with E-state index in [0.29, 0.717) is 0 Å². The van der Waals surface area contributed by atoms with Gasteiger partial charge < -0.3 is 0 Å². The van der Waals surface area contributed by atoms with Crippen molar-refractivity contribution in [2.24, 2.45) is 0 Å². The van der Waals surface area contributed by atoms with Crippen molar-refractivity contribution in [1.82, 2.24) is 9.03 Å². The summed E-state index contributed by atoms with van der Waals surface area (Å²) < 4.78 is 5.93. The average molecular weight is 186 g/mol. The van der Waals surface area contributed by atoms with E-state index in [1.807, 2.05) is 12.1 Å². The standard InChI is InChI=1S/C9H18N2S/c1-2-5-9(6-3-1)11-8-4-7-10-12-11/h9-10H,1-8H2. The van der Waals surface area contributed by atoms with Gasteiger partial charge in [0.05, 0.1) is 0 Å². The van der Waals surface area contributed by atoms with Crippen LogP contribution >= 0.6 is 12.1 Å². The van der Waals surface area contributed by atoms with Gasteiger partial charge in [-0.25, -0.2) is 4.31 Å². The fourth-order valence-corrected chi connectivity index (χ4v) is 3.09. The second-order valence-corrected chi connectivity index (χ2v) is 4.71. The number of hydrogen-bond donors (Lipinski definition) is 1. The third-order valence-electron chi connectivity index (χ3n) is 2.82. The highest BCUT2D eigenvalue weighted by Crippen LogP contribution is 2.27. The summed E-state index contributed by atoms with van der Waals surface area (Å²) in [4.78, 5) is 0. The molecule has 0 aromatic carbocycles. The van der Waals surface area contributed by atoms with Crippen molar-refractivity contribution in [3.05, 3.63) is 0 Å².